The van der Waals surface area contributed by atoms with Crippen molar-refractivity contribution >= 4 is 0 Å². The molecule has 2 aromatic rings. The summed E-state index contributed by atoms with van der Waals surface area (Å²) in [6, 6.07) is 6.90. The number of aromatic nitrogens is 2. The van der Waals surface area contributed by atoms with Gasteiger partial charge in [-0.25, -0.2) is 4.39 Å². The monoisotopic (exact) mass is 261 g/mol. The third kappa shape index (κ3) is 3.64. The Morgan fingerprint density at radius 1 is 1.37 bits per heavy atom. The number of hydrogen-bond donors (Lipinski definition) is 1. The molecule has 19 heavy (non-hydrogen) atoms. The molecule has 0 radical (unpaired) electrons. The number of nitrogens with zero attached hydrogens (tertiary/aromatic N) is 2. The molecule has 0 saturated heterocycles. The van der Waals surface area contributed by atoms with Crippen LogP contribution >= 0.6 is 0 Å². The normalized spacial score (nSPS) is 12.6. The molecular weight excluding hydrogens is 241 g/mol. The van der Waals surface area contributed by atoms with Crippen LogP contribution in [0.2, 0.25) is 0 Å². The number of benzene rings is 1. The van der Waals surface area contributed by atoms with Gasteiger partial charge in [-0.15, -0.1) is 0 Å². The number of aryl methyl sites for hydroxylation is 1. The Labute approximate surface area is 113 Å². The third-order valence-electron chi connectivity index (χ3n) is 3.15. The second-order valence-electron chi connectivity index (χ2n) is 4.57. The van der Waals surface area contributed by atoms with Gasteiger partial charge < -0.3 is 5.32 Å². The Kier molecular flexibility index (Phi) is 4.68. The number of hydrogen-bond acceptors (Lipinski definition) is 2. The highest BCUT2D eigenvalue weighted by Gasteiger charge is 2.12. The molecule has 1 atom stereocenters. The minimum atomic E-state index is -0.190. The minimum absolute atomic E-state index is 0.121. The van der Waals surface area contributed by atoms with E-state index in [1.54, 1.807) is 12.1 Å². The Balaban J connectivity index is 2.15. The first-order valence-corrected chi connectivity index (χ1v) is 6.73. The largest absolute Gasteiger partial charge is 0.310 e. The van der Waals surface area contributed by atoms with E-state index in [1.165, 1.54) is 6.07 Å². The molecule has 1 aromatic carbocycles. The zero-order valence-electron chi connectivity index (χ0n) is 11.4. The topological polar surface area (TPSA) is 29.9 Å². The average molecular weight is 261 g/mol. The summed E-state index contributed by atoms with van der Waals surface area (Å²) in [6.07, 6.45) is 4.74. The van der Waals surface area contributed by atoms with Crippen molar-refractivity contribution in [2.24, 2.45) is 0 Å². The molecule has 1 N–H and O–H groups in total. The lowest BCUT2D eigenvalue weighted by atomic mass is 10.0. The smallest absolute Gasteiger partial charge is 0.123 e. The van der Waals surface area contributed by atoms with Gasteiger partial charge >= 0.3 is 0 Å². The molecule has 1 aromatic heterocycles. The van der Waals surface area contributed by atoms with Crippen molar-refractivity contribution in [2.75, 3.05) is 6.54 Å². The number of rotatable bonds is 6. The molecule has 0 amide bonds. The highest BCUT2D eigenvalue weighted by molar-refractivity contribution is 5.22. The summed E-state index contributed by atoms with van der Waals surface area (Å²) in [5, 5.41) is 7.67. The van der Waals surface area contributed by atoms with Gasteiger partial charge in [0.2, 0.25) is 0 Å². The van der Waals surface area contributed by atoms with Crippen LogP contribution in [0.3, 0.4) is 0 Å². The maximum Gasteiger partial charge on any atom is 0.123 e. The van der Waals surface area contributed by atoms with Crippen molar-refractivity contribution in [3.05, 3.63) is 53.6 Å². The van der Waals surface area contributed by atoms with E-state index in [2.05, 4.69) is 24.3 Å². The van der Waals surface area contributed by atoms with Crippen LogP contribution in [0.15, 0.2) is 36.7 Å². The van der Waals surface area contributed by atoms with E-state index in [1.807, 2.05) is 23.1 Å². The van der Waals surface area contributed by atoms with Gasteiger partial charge in [0.15, 0.2) is 0 Å². The van der Waals surface area contributed by atoms with E-state index < -0.39 is 0 Å². The van der Waals surface area contributed by atoms with Gasteiger partial charge in [0, 0.05) is 18.8 Å². The average Bonchev–Trinajstić information content (AvgIpc) is 2.86. The van der Waals surface area contributed by atoms with Gasteiger partial charge in [-0.2, -0.15) is 5.10 Å². The summed E-state index contributed by atoms with van der Waals surface area (Å²) in [6.45, 7) is 5.84. The molecular formula is C15H20FN3. The fourth-order valence-electron chi connectivity index (χ4n) is 2.20. The molecule has 2 rings (SSSR count). The highest BCUT2D eigenvalue weighted by Crippen LogP contribution is 2.19. The van der Waals surface area contributed by atoms with Crippen molar-refractivity contribution in [3.8, 4) is 0 Å². The molecule has 0 bridgehead atoms. The van der Waals surface area contributed by atoms with Crippen LogP contribution < -0.4 is 5.32 Å². The van der Waals surface area contributed by atoms with E-state index in [-0.39, 0.29) is 11.9 Å². The zero-order valence-corrected chi connectivity index (χ0v) is 11.4. The van der Waals surface area contributed by atoms with E-state index in [0.29, 0.717) is 0 Å². The predicted octanol–water partition coefficient (Wildman–Crippen LogP) is 2.94. The van der Waals surface area contributed by atoms with E-state index in [9.17, 15) is 4.39 Å². The molecule has 4 heteroatoms. The highest BCUT2D eigenvalue weighted by atomic mass is 19.1. The van der Waals surface area contributed by atoms with Crippen molar-refractivity contribution in [3.63, 3.8) is 0 Å². The maximum absolute atomic E-state index is 13.3. The Morgan fingerprint density at radius 2 is 2.21 bits per heavy atom. The van der Waals surface area contributed by atoms with Crippen LogP contribution in [0.1, 0.15) is 31.0 Å². The first-order valence-electron chi connectivity index (χ1n) is 6.73. The number of nitrogens with one attached hydrogen (secondary N) is 1. The summed E-state index contributed by atoms with van der Waals surface area (Å²) >= 11 is 0. The van der Waals surface area contributed by atoms with Crippen LogP contribution in [0, 0.1) is 5.82 Å². The van der Waals surface area contributed by atoms with Gasteiger partial charge in [0.05, 0.1) is 6.20 Å². The molecule has 1 unspecified atom stereocenters. The first kappa shape index (κ1) is 13.7. The number of halogens is 1. The predicted molar refractivity (Wildman–Crippen MR) is 74.4 cm³/mol. The molecule has 102 valence electrons. The maximum atomic E-state index is 13.3. The molecule has 0 aliphatic carbocycles. The van der Waals surface area contributed by atoms with Crippen molar-refractivity contribution in [1.29, 1.82) is 0 Å². The molecule has 0 spiro atoms. The number of likely N-dealkylation sites (N-methyl/N-ethyl adjacent to an activating group) is 1. The van der Waals surface area contributed by atoms with Crippen LogP contribution in [0.5, 0.6) is 0 Å². The second-order valence-corrected chi connectivity index (χ2v) is 4.57. The molecule has 1 heterocycles. The molecule has 0 saturated carbocycles. The van der Waals surface area contributed by atoms with Crippen LogP contribution in [0.25, 0.3) is 0 Å². The van der Waals surface area contributed by atoms with Gasteiger partial charge in [-0.05, 0) is 43.1 Å². The lowest BCUT2D eigenvalue weighted by Crippen LogP contribution is -2.22. The molecule has 0 fully saturated rings. The lowest BCUT2D eigenvalue weighted by molar-refractivity contribution is 0.542. The van der Waals surface area contributed by atoms with Crippen LogP contribution in [-0.2, 0) is 13.0 Å². The van der Waals surface area contributed by atoms with Crippen molar-refractivity contribution in [2.45, 2.75) is 32.9 Å². The second kappa shape index (κ2) is 6.48. The molecule has 3 nitrogen and oxygen atoms in total. The Morgan fingerprint density at radius 3 is 2.84 bits per heavy atom. The minimum Gasteiger partial charge on any atom is -0.310 e. The molecule has 0 aliphatic rings. The standard InChI is InChI=1S/C15H20FN3/c1-3-17-15(13-6-5-7-14(16)9-13)8-12-10-18-19(4-2)11-12/h5-7,9-11,15,17H,3-4,8H2,1-2H3. The Hall–Kier alpha value is -1.68. The summed E-state index contributed by atoms with van der Waals surface area (Å²) in [4.78, 5) is 0. The quantitative estimate of drug-likeness (QED) is 0.866. The summed E-state index contributed by atoms with van der Waals surface area (Å²) in [7, 11) is 0. The van der Waals surface area contributed by atoms with Gasteiger partial charge in [-0.3, -0.25) is 4.68 Å². The fraction of sp³-hybridized carbons (Fsp3) is 0.400. The van der Waals surface area contributed by atoms with E-state index in [4.69, 9.17) is 0 Å². The SMILES string of the molecule is CCNC(Cc1cnn(CC)c1)c1cccc(F)c1. The Bertz CT molecular complexity index is 522. The summed E-state index contributed by atoms with van der Waals surface area (Å²) in [5.74, 6) is -0.190. The van der Waals surface area contributed by atoms with Gasteiger partial charge in [-0.1, -0.05) is 19.1 Å². The zero-order chi connectivity index (χ0) is 13.7. The fourth-order valence-corrected chi connectivity index (χ4v) is 2.20. The first-order chi connectivity index (χ1) is 9.22. The van der Waals surface area contributed by atoms with Crippen LogP contribution in [0.4, 0.5) is 4.39 Å². The summed E-state index contributed by atoms with van der Waals surface area (Å²) in [5.41, 5.74) is 2.14. The lowest BCUT2D eigenvalue weighted by Gasteiger charge is -2.17. The van der Waals surface area contributed by atoms with Gasteiger partial charge in [0.1, 0.15) is 5.82 Å². The van der Waals surface area contributed by atoms with E-state index >= 15 is 0 Å². The summed E-state index contributed by atoms with van der Waals surface area (Å²) < 4.78 is 15.2. The van der Waals surface area contributed by atoms with Crippen LogP contribution in [-0.4, -0.2) is 16.3 Å². The third-order valence-corrected chi connectivity index (χ3v) is 3.15. The van der Waals surface area contributed by atoms with Gasteiger partial charge in [0.25, 0.3) is 0 Å². The van der Waals surface area contributed by atoms with E-state index in [0.717, 1.165) is 30.6 Å². The molecule has 0 aliphatic heterocycles. The van der Waals surface area contributed by atoms with Crippen molar-refractivity contribution in [1.82, 2.24) is 15.1 Å². The van der Waals surface area contributed by atoms with Crippen molar-refractivity contribution < 1.29 is 4.39 Å².